The highest BCUT2D eigenvalue weighted by molar-refractivity contribution is 5.21. The molecule has 0 saturated carbocycles. The predicted molar refractivity (Wildman–Crippen MR) is 30.3 cm³/mol. The number of nitrogens with zero attached hydrogens (tertiary/aromatic N) is 1. The number of hydrazone groups is 1. The van der Waals surface area contributed by atoms with E-state index in [9.17, 15) is 0 Å². The van der Waals surface area contributed by atoms with Gasteiger partial charge in [0.1, 0.15) is 0 Å². The average Bonchev–Trinajstić information content (AvgIpc) is 1.81. The van der Waals surface area contributed by atoms with Gasteiger partial charge < -0.3 is 5.11 Å². The molecule has 0 radical (unpaired) electrons. The van der Waals surface area contributed by atoms with E-state index in [0.29, 0.717) is 13.0 Å². The molecule has 48 valence electrons. The molecule has 0 aliphatic rings. The van der Waals surface area contributed by atoms with E-state index >= 15 is 0 Å². The maximum absolute atomic E-state index is 8.21. The molecule has 0 saturated heterocycles. The first-order valence-corrected chi connectivity index (χ1v) is 2.35. The summed E-state index contributed by atoms with van der Waals surface area (Å²) in [5, 5.41) is 11.4. The lowest BCUT2D eigenvalue weighted by atomic mass is 10.5. The Kier molecular flexibility index (Phi) is 5.90. The van der Waals surface area contributed by atoms with Crippen LogP contribution in [0.3, 0.4) is 0 Å². The van der Waals surface area contributed by atoms with Gasteiger partial charge in [0.15, 0.2) is 0 Å². The molecule has 2 N–H and O–H groups in total. The zero-order valence-electron chi connectivity index (χ0n) is 4.63. The van der Waals surface area contributed by atoms with Crippen LogP contribution in [0.2, 0.25) is 0 Å². The van der Waals surface area contributed by atoms with Gasteiger partial charge in [-0.05, 0) is 6.42 Å². The number of nitrogens with one attached hydrogen (secondary N) is 1. The van der Waals surface area contributed by atoms with Crippen LogP contribution in [0, 0.1) is 0 Å². The maximum atomic E-state index is 8.21. The molecule has 0 aromatic heterocycles. The first kappa shape index (κ1) is 7.39. The van der Waals surface area contributed by atoms with Crippen LogP contribution in [0.5, 0.6) is 0 Å². The summed E-state index contributed by atoms with van der Waals surface area (Å²) in [5.74, 6) is 0. The summed E-state index contributed by atoms with van der Waals surface area (Å²) in [4.78, 5) is 4.58. The minimum Gasteiger partial charge on any atom is -0.396 e. The molecular weight excluding hydrogens is 108 g/mol. The van der Waals surface area contributed by atoms with Crippen molar-refractivity contribution in [2.45, 2.75) is 6.42 Å². The van der Waals surface area contributed by atoms with E-state index in [1.165, 1.54) is 0 Å². The Hall–Kier alpha value is -0.610. The molecule has 4 heteroatoms. The molecule has 8 heavy (non-hydrogen) atoms. The minimum absolute atomic E-state index is 0.138. The molecule has 0 aliphatic heterocycles. The molecule has 0 aliphatic carbocycles. The van der Waals surface area contributed by atoms with Crippen molar-refractivity contribution in [2.24, 2.45) is 5.10 Å². The van der Waals surface area contributed by atoms with Gasteiger partial charge in [0.25, 0.3) is 0 Å². The molecule has 0 aromatic rings. The van der Waals surface area contributed by atoms with Crippen LogP contribution in [0.25, 0.3) is 0 Å². The zero-order chi connectivity index (χ0) is 6.24. The summed E-state index contributed by atoms with van der Waals surface area (Å²) < 4.78 is 0. The first-order chi connectivity index (χ1) is 3.91. The van der Waals surface area contributed by atoms with E-state index in [-0.39, 0.29) is 6.61 Å². The van der Waals surface area contributed by atoms with Gasteiger partial charge in [-0.25, -0.2) is 0 Å². The van der Waals surface area contributed by atoms with Crippen molar-refractivity contribution in [2.75, 3.05) is 13.2 Å². The van der Waals surface area contributed by atoms with Gasteiger partial charge >= 0.3 is 0 Å². The van der Waals surface area contributed by atoms with Crippen molar-refractivity contribution < 1.29 is 9.94 Å². The summed E-state index contributed by atoms with van der Waals surface area (Å²) in [6.07, 6.45) is 0.614. The average molecular weight is 118 g/mol. The third-order valence-corrected chi connectivity index (χ3v) is 0.534. The smallest absolute Gasteiger partial charge is 0.0786 e. The molecule has 0 heterocycles. The Morgan fingerprint density at radius 2 is 2.50 bits per heavy atom. The van der Waals surface area contributed by atoms with Crippen LogP contribution >= 0.6 is 0 Å². The van der Waals surface area contributed by atoms with Crippen molar-refractivity contribution in [1.29, 1.82) is 0 Å². The number of aliphatic hydroxyl groups excluding tert-OH is 1. The van der Waals surface area contributed by atoms with E-state index < -0.39 is 0 Å². The van der Waals surface area contributed by atoms with Crippen LogP contribution in [0.1, 0.15) is 6.42 Å². The topological polar surface area (TPSA) is 53.9 Å². The molecule has 0 spiro atoms. The lowest BCUT2D eigenvalue weighted by Gasteiger charge is -1.96. The highest BCUT2D eigenvalue weighted by atomic mass is 16.7. The molecule has 0 atom stereocenters. The molecule has 0 aromatic carbocycles. The standard InChI is InChI=1S/C4H10N2O2/c1-5-6-8-4-2-3-7/h6-7H,1-4H2. The Morgan fingerprint density at radius 1 is 1.75 bits per heavy atom. The second-order valence-corrected chi connectivity index (χ2v) is 1.18. The molecule has 0 bridgehead atoms. The van der Waals surface area contributed by atoms with Gasteiger partial charge in [-0.1, -0.05) is 0 Å². The van der Waals surface area contributed by atoms with Gasteiger partial charge in [0.2, 0.25) is 0 Å². The number of hydrogen-bond donors (Lipinski definition) is 2. The van der Waals surface area contributed by atoms with Gasteiger partial charge in [-0.15, -0.1) is 0 Å². The van der Waals surface area contributed by atoms with Crippen LogP contribution < -0.4 is 5.59 Å². The molecule has 0 fully saturated rings. The van der Waals surface area contributed by atoms with E-state index in [0.717, 1.165) is 0 Å². The minimum atomic E-state index is 0.138. The van der Waals surface area contributed by atoms with Crippen molar-refractivity contribution in [3.05, 3.63) is 0 Å². The summed E-state index contributed by atoms with van der Waals surface area (Å²) >= 11 is 0. The number of aliphatic hydroxyl groups is 1. The second-order valence-electron chi connectivity index (χ2n) is 1.18. The van der Waals surface area contributed by atoms with Gasteiger partial charge in [-0.3, -0.25) is 4.84 Å². The van der Waals surface area contributed by atoms with Gasteiger partial charge in [0.05, 0.1) is 6.61 Å². The normalized spacial score (nSPS) is 8.62. The summed E-state index contributed by atoms with van der Waals surface area (Å²) in [6, 6.07) is 0. The van der Waals surface area contributed by atoms with Gasteiger partial charge in [-0.2, -0.15) is 10.7 Å². The fraction of sp³-hybridized carbons (Fsp3) is 0.750. The molecule has 0 unspecified atom stereocenters. The van der Waals surface area contributed by atoms with Crippen molar-refractivity contribution in [3.8, 4) is 0 Å². The molecular formula is C4H10N2O2. The van der Waals surface area contributed by atoms with Crippen LogP contribution in [0.4, 0.5) is 0 Å². The van der Waals surface area contributed by atoms with E-state index in [2.05, 4.69) is 22.2 Å². The van der Waals surface area contributed by atoms with Crippen LogP contribution in [-0.4, -0.2) is 25.0 Å². The van der Waals surface area contributed by atoms with Crippen LogP contribution in [-0.2, 0) is 4.84 Å². The summed E-state index contributed by atoms with van der Waals surface area (Å²) in [6.45, 7) is 3.70. The predicted octanol–water partition coefficient (Wildman–Crippen LogP) is -0.494. The largest absolute Gasteiger partial charge is 0.396 e. The maximum Gasteiger partial charge on any atom is 0.0786 e. The second kappa shape index (κ2) is 6.39. The Labute approximate surface area is 48.1 Å². The van der Waals surface area contributed by atoms with Crippen molar-refractivity contribution >= 4 is 6.72 Å². The molecule has 4 nitrogen and oxygen atoms in total. The lowest BCUT2D eigenvalue weighted by molar-refractivity contribution is 0.0349. The number of rotatable bonds is 5. The Balaban J connectivity index is 2.62. The summed E-state index contributed by atoms with van der Waals surface area (Å²) in [7, 11) is 0. The van der Waals surface area contributed by atoms with Crippen LogP contribution in [0.15, 0.2) is 5.10 Å². The van der Waals surface area contributed by atoms with E-state index in [1.807, 2.05) is 0 Å². The quantitative estimate of drug-likeness (QED) is 0.291. The third kappa shape index (κ3) is 5.39. The third-order valence-electron chi connectivity index (χ3n) is 0.534. The molecule has 0 rings (SSSR count). The molecule has 0 amide bonds. The van der Waals surface area contributed by atoms with E-state index in [1.54, 1.807) is 0 Å². The van der Waals surface area contributed by atoms with Crippen molar-refractivity contribution in [1.82, 2.24) is 5.59 Å². The number of hydrogen-bond acceptors (Lipinski definition) is 4. The fourth-order valence-electron chi connectivity index (χ4n) is 0.228. The highest BCUT2D eigenvalue weighted by Gasteiger charge is 1.80. The SMILES string of the molecule is C=NNOCCCO. The highest BCUT2D eigenvalue weighted by Crippen LogP contribution is 1.74. The Morgan fingerprint density at radius 3 is 3.00 bits per heavy atom. The van der Waals surface area contributed by atoms with Gasteiger partial charge in [0, 0.05) is 13.3 Å². The first-order valence-electron chi connectivity index (χ1n) is 2.35. The summed E-state index contributed by atoms with van der Waals surface area (Å²) in [5.41, 5.74) is 2.19. The van der Waals surface area contributed by atoms with Crippen molar-refractivity contribution in [3.63, 3.8) is 0 Å². The zero-order valence-corrected chi connectivity index (χ0v) is 4.63. The monoisotopic (exact) mass is 118 g/mol. The van der Waals surface area contributed by atoms with E-state index in [4.69, 9.17) is 5.11 Å². The fourth-order valence-corrected chi connectivity index (χ4v) is 0.228. The Bertz CT molecular complexity index is 58.0. The lowest BCUT2D eigenvalue weighted by Crippen LogP contribution is -2.07.